The van der Waals surface area contributed by atoms with Gasteiger partial charge in [-0.15, -0.1) is 0 Å². The molecule has 0 bridgehead atoms. The first-order chi connectivity index (χ1) is 9.15. The van der Waals surface area contributed by atoms with Crippen LogP contribution in [-0.4, -0.2) is 59.5 Å². The van der Waals surface area contributed by atoms with E-state index in [1.165, 1.54) is 12.8 Å². The first-order valence-electron chi connectivity index (χ1n) is 7.37. The Hall–Kier alpha value is -1.10. The molecule has 2 aliphatic heterocycles. The zero-order valence-corrected chi connectivity index (χ0v) is 11.5. The molecule has 0 aromatic carbocycles. The SMILES string of the molecule is O=C(O)CC1CCN(CC(=O)N2CCCCCC2)C1. The van der Waals surface area contributed by atoms with Crippen LogP contribution in [0.3, 0.4) is 0 Å². The molecule has 5 nitrogen and oxygen atoms in total. The molecule has 2 heterocycles. The fraction of sp³-hybridized carbons (Fsp3) is 0.857. The number of amides is 1. The van der Waals surface area contributed by atoms with Crippen LogP contribution in [0, 0.1) is 5.92 Å². The highest BCUT2D eigenvalue weighted by Gasteiger charge is 2.27. The van der Waals surface area contributed by atoms with E-state index in [1.54, 1.807) is 0 Å². The van der Waals surface area contributed by atoms with Gasteiger partial charge in [-0.05, 0) is 31.7 Å². The minimum Gasteiger partial charge on any atom is -0.481 e. The Morgan fingerprint density at radius 3 is 2.37 bits per heavy atom. The average molecular weight is 268 g/mol. The van der Waals surface area contributed by atoms with Gasteiger partial charge in [0, 0.05) is 26.1 Å². The Labute approximate surface area is 114 Å². The van der Waals surface area contributed by atoms with Crippen LogP contribution >= 0.6 is 0 Å². The smallest absolute Gasteiger partial charge is 0.303 e. The summed E-state index contributed by atoms with van der Waals surface area (Å²) in [6.45, 7) is 3.87. The summed E-state index contributed by atoms with van der Waals surface area (Å²) in [4.78, 5) is 27.0. The molecule has 2 rings (SSSR count). The van der Waals surface area contributed by atoms with Crippen LogP contribution in [0.2, 0.25) is 0 Å². The molecular weight excluding hydrogens is 244 g/mol. The van der Waals surface area contributed by atoms with Gasteiger partial charge in [0.15, 0.2) is 0 Å². The van der Waals surface area contributed by atoms with E-state index in [4.69, 9.17) is 5.11 Å². The zero-order chi connectivity index (χ0) is 13.7. The lowest BCUT2D eigenvalue weighted by atomic mass is 10.1. The van der Waals surface area contributed by atoms with Crippen molar-refractivity contribution in [2.24, 2.45) is 5.92 Å². The van der Waals surface area contributed by atoms with Crippen molar-refractivity contribution >= 4 is 11.9 Å². The summed E-state index contributed by atoms with van der Waals surface area (Å²) >= 11 is 0. The maximum absolute atomic E-state index is 12.2. The van der Waals surface area contributed by atoms with Gasteiger partial charge in [-0.2, -0.15) is 0 Å². The Morgan fingerprint density at radius 1 is 1.05 bits per heavy atom. The molecule has 5 heteroatoms. The first-order valence-corrected chi connectivity index (χ1v) is 7.37. The highest BCUT2D eigenvalue weighted by Crippen LogP contribution is 2.19. The molecule has 0 saturated carbocycles. The van der Waals surface area contributed by atoms with E-state index in [0.29, 0.717) is 6.54 Å². The van der Waals surface area contributed by atoms with E-state index in [2.05, 4.69) is 4.90 Å². The first kappa shape index (κ1) is 14.3. The maximum Gasteiger partial charge on any atom is 0.303 e. The highest BCUT2D eigenvalue weighted by molar-refractivity contribution is 5.78. The Morgan fingerprint density at radius 2 is 1.74 bits per heavy atom. The van der Waals surface area contributed by atoms with Gasteiger partial charge in [-0.25, -0.2) is 0 Å². The third-order valence-corrected chi connectivity index (χ3v) is 4.15. The lowest BCUT2D eigenvalue weighted by Crippen LogP contribution is -2.40. The second-order valence-corrected chi connectivity index (χ2v) is 5.78. The largest absolute Gasteiger partial charge is 0.481 e. The molecule has 1 unspecified atom stereocenters. The lowest BCUT2D eigenvalue weighted by Gasteiger charge is -2.23. The van der Waals surface area contributed by atoms with Crippen molar-refractivity contribution in [1.29, 1.82) is 0 Å². The van der Waals surface area contributed by atoms with Crippen LogP contribution in [-0.2, 0) is 9.59 Å². The molecule has 0 aromatic heterocycles. The van der Waals surface area contributed by atoms with Gasteiger partial charge in [0.1, 0.15) is 0 Å². The number of hydrogen-bond acceptors (Lipinski definition) is 3. The third kappa shape index (κ3) is 4.49. The number of carbonyl (C=O) groups excluding carboxylic acids is 1. The number of carboxylic acids is 1. The molecule has 1 atom stereocenters. The van der Waals surface area contributed by atoms with E-state index in [1.807, 2.05) is 4.90 Å². The van der Waals surface area contributed by atoms with Gasteiger partial charge >= 0.3 is 5.97 Å². The minimum atomic E-state index is -0.731. The molecule has 0 radical (unpaired) electrons. The van der Waals surface area contributed by atoms with Gasteiger partial charge < -0.3 is 10.0 Å². The van der Waals surface area contributed by atoms with E-state index < -0.39 is 5.97 Å². The van der Waals surface area contributed by atoms with Gasteiger partial charge in [-0.3, -0.25) is 14.5 Å². The summed E-state index contributed by atoms with van der Waals surface area (Å²) in [7, 11) is 0. The molecule has 2 fully saturated rings. The maximum atomic E-state index is 12.2. The Bertz CT molecular complexity index is 325. The number of nitrogens with zero attached hydrogens (tertiary/aromatic N) is 2. The van der Waals surface area contributed by atoms with Crippen molar-refractivity contribution < 1.29 is 14.7 Å². The van der Waals surface area contributed by atoms with Crippen molar-refractivity contribution in [2.75, 3.05) is 32.7 Å². The Balaban J connectivity index is 1.75. The average Bonchev–Trinajstić information content (AvgIpc) is 2.64. The van der Waals surface area contributed by atoms with Gasteiger partial charge in [0.05, 0.1) is 6.54 Å². The number of hydrogen-bond donors (Lipinski definition) is 1. The van der Waals surface area contributed by atoms with E-state index >= 15 is 0 Å². The van der Waals surface area contributed by atoms with Crippen LogP contribution in [0.15, 0.2) is 0 Å². The molecular formula is C14H24N2O3. The quantitative estimate of drug-likeness (QED) is 0.832. The molecule has 2 saturated heterocycles. The van der Waals surface area contributed by atoms with Crippen molar-refractivity contribution in [2.45, 2.75) is 38.5 Å². The molecule has 0 spiro atoms. The summed E-state index contributed by atoms with van der Waals surface area (Å²) in [5.41, 5.74) is 0. The normalized spacial score (nSPS) is 25.3. The van der Waals surface area contributed by atoms with Crippen molar-refractivity contribution in [3.8, 4) is 0 Å². The molecule has 19 heavy (non-hydrogen) atoms. The second-order valence-electron chi connectivity index (χ2n) is 5.78. The van der Waals surface area contributed by atoms with Gasteiger partial charge in [0.25, 0.3) is 0 Å². The molecule has 108 valence electrons. The van der Waals surface area contributed by atoms with Crippen LogP contribution in [0.4, 0.5) is 0 Å². The van der Waals surface area contributed by atoms with E-state index in [-0.39, 0.29) is 18.2 Å². The zero-order valence-electron chi connectivity index (χ0n) is 11.5. The minimum absolute atomic E-state index is 0.217. The van der Waals surface area contributed by atoms with Gasteiger partial charge in [-0.1, -0.05) is 12.8 Å². The molecule has 2 aliphatic rings. The van der Waals surface area contributed by atoms with Crippen molar-refractivity contribution in [1.82, 2.24) is 9.80 Å². The predicted octanol–water partition coefficient (Wildman–Crippen LogP) is 1.19. The van der Waals surface area contributed by atoms with Crippen molar-refractivity contribution in [3.63, 3.8) is 0 Å². The number of likely N-dealkylation sites (tertiary alicyclic amines) is 2. The summed E-state index contributed by atoms with van der Waals surface area (Å²) in [6, 6.07) is 0. The summed E-state index contributed by atoms with van der Waals surface area (Å²) in [5, 5.41) is 8.78. The summed E-state index contributed by atoms with van der Waals surface area (Å²) < 4.78 is 0. The summed E-state index contributed by atoms with van der Waals surface area (Å²) in [5.74, 6) is -0.294. The van der Waals surface area contributed by atoms with Crippen LogP contribution < -0.4 is 0 Å². The number of aliphatic carboxylic acids is 1. The van der Waals surface area contributed by atoms with Crippen LogP contribution in [0.25, 0.3) is 0 Å². The predicted molar refractivity (Wildman–Crippen MR) is 71.8 cm³/mol. The fourth-order valence-corrected chi connectivity index (χ4v) is 3.08. The molecule has 0 aromatic rings. The number of carboxylic acid groups (broad SMARTS) is 1. The van der Waals surface area contributed by atoms with Gasteiger partial charge in [0.2, 0.25) is 5.91 Å². The highest BCUT2D eigenvalue weighted by atomic mass is 16.4. The Kier molecular flexibility index (Phi) is 5.19. The van der Waals surface area contributed by atoms with Crippen LogP contribution in [0.1, 0.15) is 38.5 Å². The standard InChI is InChI=1S/C14H24N2O3/c17-13(16-6-3-1-2-4-7-16)11-15-8-5-12(10-15)9-14(18)19/h12H,1-11H2,(H,18,19). The summed E-state index contributed by atoms with van der Waals surface area (Å²) in [6.07, 6.45) is 5.83. The molecule has 0 aliphatic carbocycles. The number of rotatable bonds is 4. The molecule has 1 amide bonds. The topological polar surface area (TPSA) is 60.9 Å². The monoisotopic (exact) mass is 268 g/mol. The second kappa shape index (κ2) is 6.89. The lowest BCUT2D eigenvalue weighted by molar-refractivity contribution is -0.138. The van der Waals surface area contributed by atoms with Crippen LogP contribution in [0.5, 0.6) is 0 Å². The fourth-order valence-electron chi connectivity index (χ4n) is 3.08. The molecule has 1 N–H and O–H groups in total. The van der Waals surface area contributed by atoms with E-state index in [0.717, 1.165) is 45.4 Å². The number of carbonyl (C=O) groups is 2. The van der Waals surface area contributed by atoms with Crippen molar-refractivity contribution in [3.05, 3.63) is 0 Å². The third-order valence-electron chi connectivity index (χ3n) is 4.15. The van der Waals surface area contributed by atoms with E-state index in [9.17, 15) is 9.59 Å².